The van der Waals surface area contributed by atoms with E-state index in [0.29, 0.717) is 17.3 Å². The molecule has 0 fully saturated rings. The molecule has 1 aliphatic heterocycles. The van der Waals surface area contributed by atoms with E-state index in [-0.39, 0.29) is 5.91 Å². The number of amides is 1. The molecule has 2 aromatic rings. The molecule has 0 spiro atoms. The predicted molar refractivity (Wildman–Crippen MR) is 75.3 cm³/mol. The van der Waals surface area contributed by atoms with Gasteiger partial charge in [-0.05, 0) is 23.6 Å². The van der Waals surface area contributed by atoms with Crippen molar-refractivity contribution in [2.24, 2.45) is 7.05 Å². The Morgan fingerprint density at radius 2 is 2.00 bits per heavy atom. The van der Waals surface area contributed by atoms with E-state index in [1.54, 1.807) is 16.8 Å². The van der Waals surface area contributed by atoms with Crippen molar-refractivity contribution in [2.45, 2.75) is 13.0 Å². The van der Waals surface area contributed by atoms with Crippen LogP contribution in [0.1, 0.15) is 21.6 Å². The number of hydrogen-bond acceptors (Lipinski definition) is 1. The van der Waals surface area contributed by atoms with Crippen LogP contribution < -0.4 is 0 Å². The predicted octanol–water partition coefficient (Wildman–Crippen LogP) is 2.88. The quantitative estimate of drug-likeness (QED) is 0.785. The highest BCUT2D eigenvalue weighted by Crippen LogP contribution is 2.21. The minimum atomic E-state index is 0.0453. The Hall–Kier alpha value is -1.74. The molecular formula is C15H15ClN2O. The number of aryl methyl sites for hydroxylation is 1. The van der Waals surface area contributed by atoms with Crippen molar-refractivity contribution in [3.8, 4) is 0 Å². The van der Waals surface area contributed by atoms with Crippen molar-refractivity contribution in [1.82, 2.24) is 9.47 Å². The summed E-state index contributed by atoms with van der Waals surface area (Å²) in [5.74, 6) is 0.0453. The molecule has 0 radical (unpaired) electrons. The summed E-state index contributed by atoms with van der Waals surface area (Å²) >= 11 is 5.94. The molecule has 0 unspecified atom stereocenters. The fourth-order valence-corrected chi connectivity index (χ4v) is 2.82. The standard InChI is InChI=1S/C15H15ClN2O/c1-17-10-13(16)8-14(17)15(19)18-7-6-11-4-2-3-5-12(11)9-18/h2-5,8,10H,6-7,9H2,1H3. The molecule has 1 amide bonds. The van der Waals surface area contributed by atoms with Gasteiger partial charge >= 0.3 is 0 Å². The van der Waals surface area contributed by atoms with E-state index in [0.717, 1.165) is 13.0 Å². The van der Waals surface area contributed by atoms with E-state index >= 15 is 0 Å². The fourth-order valence-electron chi connectivity index (χ4n) is 2.57. The summed E-state index contributed by atoms with van der Waals surface area (Å²) in [7, 11) is 1.84. The number of carbonyl (C=O) groups excluding carboxylic acids is 1. The van der Waals surface area contributed by atoms with Gasteiger partial charge in [-0.25, -0.2) is 0 Å². The molecule has 4 heteroatoms. The van der Waals surface area contributed by atoms with Gasteiger partial charge in [0, 0.05) is 26.3 Å². The number of nitrogens with zero attached hydrogens (tertiary/aromatic N) is 2. The summed E-state index contributed by atoms with van der Waals surface area (Å²) in [6.07, 6.45) is 2.67. The molecule has 1 aliphatic rings. The van der Waals surface area contributed by atoms with E-state index < -0.39 is 0 Å². The third-order valence-corrected chi connectivity index (χ3v) is 3.82. The molecule has 0 atom stereocenters. The van der Waals surface area contributed by atoms with Crippen LogP contribution in [0.2, 0.25) is 5.02 Å². The first-order valence-electron chi connectivity index (χ1n) is 6.33. The Morgan fingerprint density at radius 3 is 2.68 bits per heavy atom. The van der Waals surface area contributed by atoms with Gasteiger partial charge in [0.05, 0.1) is 5.02 Å². The Morgan fingerprint density at radius 1 is 1.26 bits per heavy atom. The van der Waals surface area contributed by atoms with Crippen molar-refractivity contribution < 1.29 is 4.79 Å². The van der Waals surface area contributed by atoms with E-state index in [4.69, 9.17) is 11.6 Å². The lowest BCUT2D eigenvalue weighted by Crippen LogP contribution is -2.36. The molecule has 0 saturated carbocycles. The molecule has 0 bridgehead atoms. The molecule has 0 N–H and O–H groups in total. The zero-order chi connectivity index (χ0) is 13.4. The highest BCUT2D eigenvalue weighted by Gasteiger charge is 2.23. The van der Waals surface area contributed by atoms with Crippen LogP contribution in [0.25, 0.3) is 0 Å². The van der Waals surface area contributed by atoms with Gasteiger partial charge in [-0.3, -0.25) is 4.79 Å². The molecule has 2 heterocycles. The number of fused-ring (bicyclic) bond motifs is 1. The molecule has 1 aromatic carbocycles. The molecule has 98 valence electrons. The highest BCUT2D eigenvalue weighted by atomic mass is 35.5. The van der Waals surface area contributed by atoms with Crippen LogP contribution in [0, 0.1) is 0 Å². The lowest BCUT2D eigenvalue weighted by Gasteiger charge is -2.28. The maximum Gasteiger partial charge on any atom is 0.270 e. The minimum absolute atomic E-state index is 0.0453. The number of rotatable bonds is 1. The smallest absolute Gasteiger partial charge is 0.270 e. The maximum absolute atomic E-state index is 12.5. The van der Waals surface area contributed by atoms with Crippen molar-refractivity contribution >= 4 is 17.5 Å². The third-order valence-electron chi connectivity index (χ3n) is 3.61. The lowest BCUT2D eigenvalue weighted by molar-refractivity contribution is 0.0725. The summed E-state index contributed by atoms with van der Waals surface area (Å²) in [5, 5.41) is 0.600. The van der Waals surface area contributed by atoms with E-state index in [1.807, 2.05) is 24.1 Å². The van der Waals surface area contributed by atoms with Crippen LogP contribution in [-0.4, -0.2) is 21.9 Å². The fraction of sp³-hybridized carbons (Fsp3) is 0.267. The topological polar surface area (TPSA) is 25.2 Å². The number of benzene rings is 1. The van der Waals surface area contributed by atoms with Crippen molar-refractivity contribution in [1.29, 1.82) is 0 Å². The first-order chi connectivity index (χ1) is 9.15. The van der Waals surface area contributed by atoms with Gasteiger partial charge < -0.3 is 9.47 Å². The van der Waals surface area contributed by atoms with Gasteiger partial charge in [0.1, 0.15) is 5.69 Å². The number of carbonyl (C=O) groups is 1. The van der Waals surface area contributed by atoms with Crippen LogP contribution in [-0.2, 0) is 20.0 Å². The Bertz CT molecular complexity index is 633. The summed E-state index contributed by atoms with van der Waals surface area (Å²) in [5.41, 5.74) is 3.23. The molecule has 1 aromatic heterocycles. The van der Waals surface area contributed by atoms with E-state index in [1.165, 1.54) is 11.1 Å². The van der Waals surface area contributed by atoms with Crippen LogP contribution in [0.3, 0.4) is 0 Å². The minimum Gasteiger partial charge on any atom is -0.345 e. The molecule has 0 saturated heterocycles. The van der Waals surface area contributed by atoms with Gasteiger partial charge in [0.15, 0.2) is 0 Å². The molecule has 3 nitrogen and oxygen atoms in total. The Balaban J connectivity index is 1.85. The summed E-state index contributed by atoms with van der Waals surface area (Å²) in [6.45, 7) is 1.44. The molecule has 19 heavy (non-hydrogen) atoms. The second kappa shape index (κ2) is 4.74. The average Bonchev–Trinajstić information content (AvgIpc) is 2.76. The lowest BCUT2D eigenvalue weighted by atomic mass is 10.00. The molecular weight excluding hydrogens is 260 g/mol. The second-order valence-electron chi connectivity index (χ2n) is 4.90. The van der Waals surface area contributed by atoms with Crippen molar-refractivity contribution in [2.75, 3.05) is 6.54 Å². The first kappa shape index (κ1) is 12.3. The van der Waals surface area contributed by atoms with Crippen LogP contribution >= 0.6 is 11.6 Å². The van der Waals surface area contributed by atoms with E-state index in [2.05, 4.69) is 12.1 Å². The normalized spacial score (nSPS) is 14.3. The zero-order valence-corrected chi connectivity index (χ0v) is 11.5. The van der Waals surface area contributed by atoms with Crippen LogP contribution in [0.15, 0.2) is 36.5 Å². The number of halogens is 1. The van der Waals surface area contributed by atoms with Gasteiger partial charge in [-0.15, -0.1) is 0 Å². The highest BCUT2D eigenvalue weighted by molar-refractivity contribution is 6.31. The monoisotopic (exact) mass is 274 g/mol. The summed E-state index contributed by atoms with van der Waals surface area (Å²) in [6, 6.07) is 10.0. The maximum atomic E-state index is 12.5. The molecule has 0 aliphatic carbocycles. The molecule has 3 rings (SSSR count). The van der Waals surface area contributed by atoms with Crippen LogP contribution in [0.4, 0.5) is 0 Å². The van der Waals surface area contributed by atoms with Gasteiger partial charge in [0.2, 0.25) is 0 Å². The summed E-state index contributed by atoms with van der Waals surface area (Å²) in [4.78, 5) is 14.4. The van der Waals surface area contributed by atoms with Gasteiger partial charge in [-0.1, -0.05) is 35.9 Å². The largest absolute Gasteiger partial charge is 0.345 e. The van der Waals surface area contributed by atoms with Crippen molar-refractivity contribution in [3.63, 3.8) is 0 Å². The SMILES string of the molecule is Cn1cc(Cl)cc1C(=O)N1CCc2ccccc2C1. The zero-order valence-electron chi connectivity index (χ0n) is 10.8. The Labute approximate surface area is 117 Å². The van der Waals surface area contributed by atoms with Crippen molar-refractivity contribution in [3.05, 3.63) is 58.4 Å². The average molecular weight is 275 g/mol. The Kier molecular flexibility index (Phi) is 3.07. The van der Waals surface area contributed by atoms with E-state index in [9.17, 15) is 4.79 Å². The first-order valence-corrected chi connectivity index (χ1v) is 6.71. The van der Waals surface area contributed by atoms with Gasteiger partial charge in [0.25, 0.3) is 5.91 Å². The number of aromatic nitrogens is 1. The summed E-state index contributed by atoms with van der Waals surface area (Å²) < 4.78 is 1.78. The number of hydrogen-bond donors (Lipinski definition) is 0. The second-order valence-corrected chi connectivity index (χ2v) is 5.34. The third kappa shape index (κ3) is 2.26. The van der Waals surface area contributed by atoms with Gasteiger partial charge in [-0.2, -0.15) is 0 Å². The van der Waals surface area contributed by atoms with Crippen LogP contribution in [0.5, 0.6) is 0 Å².